The van der Waals surface area contributed by atoms with Crippen molar-refractivity contribution in [3.8, 4) is 11.3 Å². The van der Waals surface area contributed by atoms with Gasteiger partial charge in [-0.05, 0) is 29.3 Å². The summed E-state index contributed by atoms with van der Waals surface area (Å²) in [6, 6.07) is 13.7. The molecule has 0 N–H and O–H groups in total. The van der Waals surface area contributed by atoms with E-state index in [9.17, 15) is 18.0 Å². The topological polar surface area (TPSA) is 51.3 Å². The highest BCUT2D eigenvalue weighted by molar-refractivity contribution is 5.93. The van der Waals surface area contributed by atoms with E-state index in [0.29, 0.717) is 12.1 Å². The highest BCUT2D eigenvalue weighted by atomic mass is 19.1. The summed E-state index contributed by atoms with van der Waals surface area (Å²) in [6.07, 6.45) is 1.65. The lowest BCUT2D eigenvalue weighted by Gasteiger charge is -2.34. The molecule has 4 aromatic rings. The van der Waals surface area contributed by atoms with Crippen molar-refractivity contribution in [2.24, 2.45) is 7.05 Å². The number of halogens is 3. The molecule has 162 valence electrons. The third-order valence-corrected chi connectivity index (χ3v) is 5.81. The zero-order valence-corrected chi connectivity index (χ0v) is 17.1. The highest BCUT2D eigenvalue weighted by Gasteiger charge is 2.33. The maximum atomic E-state index is 14.7. The van der Waals surface area contributed by atoms with Crippen molar-refractivity contribution in [3.05, 3.63) is 101 Å². The fourth-order valence-corrected chi connectivity index (χ4v) is 4.17. The van der Waals surface area contributed by atoms with Crippen LogP contribution in [0.2, 0.25) is 0 Å². The summed E-state index contributed by atoms with van der Waals surface area (Å²) < 4.78 is 48.6. The van der Waals surface area contributed by atoms with Gasteiger partial charge in [0.15, 0.2) is 17.4 Å². The first-order valence-electron chi connectivity index (χ1n) is 10.0. The number of aromatic nitrogens is 2. The van der Waals surface area contributed by atoms with Crippen molar-refractivity contribution in [2.75, 3.05) is 6.54 Å². The molecule has 5 rings (SSSR count). The van der Waals surface area contributed by atoms with E-state index in [-0.39, 0.29) is 35.4 Å². The monoisotopic (exact) mass is 437 g/mol. The minimum atomic E-state index is -0.813. The molecule has 0 saturated carbocycles. The van der Waals surface area contributed by atoms with Crippen molar-refractivity contribution in [1.82, 2.24) is 14.6 Å². The molecule has 1 atom stereocenters. The lowest BCUT2D eigenvalue weighted by molar-refractivity contribution is 0.0713. The first-order chi connectivity index (χ1) is 15.4. The summed E-state index contributed by atoms with van der Waals surface area (Å²) in [6.45, 7) is 0.580. The summed E-state index contributed by atoms with van der Waals surface area (Å²) in [4.78, 5) is 14.8. The standard InChI is InChI=1S/C24H18F3N3O2/c1-29-9-8-17(23(29)27)19-13-30(12-14-4-2-3-5-16(14)19)24(31)21-11-22(32-28-21)18-7-6-15(25)10-20(18)26/h2-11,19H,12-13H2,1H3. The lowest BCUT2D eigenvalue weighted by Crippen LogP contribution is -2.39. The molecule has 2 aromatic carbocycles. The molecule has 0 saturated heterocycles. The van der Waals surface area contributed by atoms with Gasteiger partial charge in [-0.3, -0.25) is 4.79 Å². The number of amides is 1. The summed E-state index contributed by atoms with van der Waals surface area (Å²) in [5.41, 5.74) is 2.39. The van der Waals surface area contributed by atoms with Crippen LogP contribution in [0.1, 0.15) is 33.1 Å². The van der Waals surface area contributed by atoms with Crippen LogP contribution in [0.4, 0.5) is 13.2 Å². The van der Waals surface area contributed by atoms with Gasteiger partial charge in [-0.15, -0.1) is 0 Å². The molecule has 1 amide bonds. The van der Waals surface area contributed by atoms with Crippen LogP contribution < -0.4 is 0 Å². The van der Waals surface area contributed by atoms with E-state index in [4.69, 9.17) is 4.52 Å². The molecule has 1 aliphatic rings. The Balaban J connectivity index is 1.47. The molecule has 0 radical (unpaired) electrons. The molecule has 3 heterocycles. The summed E-state index contributed by atoms with van der Waals surface area (Å²) in [5, 5.41) is 3.80. The summed E-state index contributed by atoms with van der Waals surface area (Å²) in [7, 11) is 1.63. The van der Waals surface area contributed by atoms with Crippen molar-refractivity contribution in [3.63, 3.8) is 0 Å². The molecule has 8 heteroatoms. The maximum absolute atomic E-state index is 14.7. The minimum absolute atomic E-state index is 0.00427. The number of benzene rings is 2. The Labute approximate surface area is 181 Å². The Hall–Kier alpha value is -3.81. The Kier molecular flexibility index (Phi) is 4.84. The summed E-state index contributed by atoms with van der Waals surface area (Å²) >= 11 is 0. The predicted molar refractivity (Wildman–Crippen MR) is 110 cm³/mol. The molecule has 32 heavy (non-hydrogen) atoms. The fraction of sp³-hybridized carbons (Fsp3) is 0.167. The molecule has 5 nitrogen and oxygen atoms in total. The molecule has 2 aromatic heterocycles. The molecule has 0 aliphatic carbocycles. The van der Waals surface area contributed by atoms with Crippen molar-refractivity contribution < 1.29 is 22.5 Å². The van der Waals surface area contributed by atoms with Gasteiger partial charge >= 0.3 is 0 Å². The largest absolute Gasteiger partial charge is 0.355 e. The average molecular weight is 437 g/mol. The first kappa shape index (κ1) is 20.1. The van der Waals surface area contributed by atoms with Crippen LogP contribution in [0, 0.1) is 17.6 Å². The van der Waals surface area contributed by atoms with Crippen LogP contribution in [0.25, 0.3) is 11.3 Å². The van der Waals surface area contributed by atoms with Crippen molar-refractivity contribution in [2.45, 2.75) is 12.5 Å². The predicted octanol–water partition coefficient (Wildman–Crippen LogP) is 4.89. The third-order valence-electron chi connectivity index (χ3n) is 5.81. The normalized spacial score (nSPS) is 15.6. The highest BCUT2D eigenvalue weighted by Crippen LogP contribution is 2.35. The average Bonchev–Trinajstić information content (AvgIpc) is 3.40. The van der Waals surface area contributed by atoms with Gasteiger partial charge in [0.1, 0.15) is 11.6 Å². The van der Waals surface area contributed by atoms with Crippen molar-refractivity contribution in [1.29, 1.82) is 0 Å². The van der Waals surface area contributed by atoms with Crippen molar-refractivity contribution >= 4 is 5.91 Å². The number of aryl methyl sites for hydroxylation is 1. The fourth-order valence-electron chi connectivity index (χ4n) is 4.17. The maximum Gasteiger partial charge on any atom is 0.276 e. The number of carbonyl (C=O) groups is 1. The Morgan fingerprint density at radius 2 is 1.88 bits per heavy atom. The van der Waals surface area contributed by atoms with Gasteiger partial charge in [-0.2, -0.15) is 4.39 Å². The zero-order chi connectivity index (χ0) is 22.4. The smallest absolute Gasteiger partial charge is 0.276 e. The van der Waals surface area contributed by atoms with Gasteiger partial charge in [0.05, 0.1) is 5.56 Å². The van der Waals surface area contributed by atoms with Gasteiger partial charge in [0, 0.05) is 49.9 Å². The Morgan fingerprint density at radius 1 is 1.06 bits per heavy atom. The zero-order valence-electron chi connectivity index (χ0n) is 17.1. The molecule has 0 bridgehead atoms. The van der Waals surface area contributed by atoms with Gasteiger partial charge in [0.25, 0.3) is 5.91 Å². The lowest BCUT2D eigenvalue weighted by atomic mass is 9.85. The Morgan fingerprint density at radius 3 is 2.62 bits per heavy atom. The quantitative estimate of drug-likeness (QED) is 0.459. The van der Waals surface area contributed by atoms with E-state index in [1.54, 1.807) is 24.2 Å². The number of hydrogen-bond acceptors (Lipinski definition) is 3. The molecule has 0 spiro atoms. The van der Waals surface area contributed by atoms with E-state index in [0.717, 1.165) is 23.3 Å². The van der Waals surface area contributed by atoms with Crippen LogP contribution in [0.15, 0.2) is 65.3 Å². The molecule has 1 aliphatic heterocycles. The molecule has 1 unspecified atom stereocenters. The molecular formula is C24H18F3N3O2. The number of rotatable bonds is 3. The Bertz CT molecular complexity index is 1330. The van der Waals surface area contributed by atoms with Gasteiger partial charge in [-0.1, -0.05) is 29.4 Å². The second-order valence-corrected chi connectivity index (χ2v) is 7.81. The van der Waals surface area contributed by atoms with E-state index in [2.05, 4.69) is 5.16 Å². The van der Waals surface area contributed by atoms with E-state index >= 15 is 0 Å². The van der Waals surface area contributed by atoms with Gasteiger partial charge < -0.3 is 14.0 Å². The first-order valence-corrected chi connectivity index (χ1v) is 10.0. The van der Waals surface area contributed by atoms with Gasteiger partial charge in [-0.25, -0.2) is 8.78 Å². The number of fused-ring (bicyclic) bond motifs is 1. The third kappa shape index (κ3) is 3.37. The van der Waals surface area contributed by atoms with Gasteiger partial charge in [0.2, 0.25) is 0 Å². The van der Waals surface area contributed by atoms with Crippen LogP contribution in [0.5, 0.6) is 0 Å². The minimum Gasteiger partial charge on any atom is -0.355 e. The van der Waals surface area contributed by atoms with E-state index in [1.807, 2.05) is 24.3 Å². The van der Waals surface area contributed by atoms with E-state index < -0.39 is 17.5 Å². The van der Waals surface area contributed by atoms with Crippen LogP contribution in [0.3, 0.4) is 0 Å². The number of nitrogens with zero attached hydrogens (tertiary/aromatic N) is 3. The second kappa shape index (κ2) is 7.71. The van der Waals surface area contributed by atoms with Crippen LogP contribution in [-0.4, -0.2) is 27.1 Å². The molecule has 0 fully saturated rings. The number of carbonyl (C=O) groups excluding carboxylic acids is 1. The SMILES string of the molecule is Cn1ccc(C2CN(C(=O)c3cc(-c4ccc(F)cc4F)on3)Cc3ccccc32)c1F. The van der Waals surface area contributed by atoms with Crippen LogP contribution >= 0.6 is 0 Å². The molecular weight excluding hydrogens is 419 g/mol. The van der Waals surface area contributed by atoms with E-state index in [1.165, 1.54) is 16.7 Å². The summed E-state index contributed by atoms with van der Waals surface area (Å²) in [5.74, 6) is -2.62. The van der Waals surface area contributed by atoms with Crippen LogP contribution in [-0.2, 0) is 13.6 Å². The second-order valence-electron chi connectivity index (χ2n) is 7.81. The number of hydrogen-bond donors (Lipinski definition) is 0.